The summed E-state index contributed by atoms with van der Waals surface area (Å²) in [7, 11) is 3.61. The Labute approximate surface area is 120 Å². The molecule has 0 amide bonds. The van der Waals surface area contributed by atoms with Crippen molar-refractivity contribution < 1.29 is 14.2 Å². The van der Waals surface area contributed by atoms with E-state index < -0.39 is 0 Å². The maximum atomic E-state index is 5.66. The van der Waals surface area contributed by atoms with Crippen LogP contribution in [0, 0.1) is 5.92 Å². The molecule has 0 aliphatic carbocycles. The number of hydrogen-bond acceptors (Lipinski definition) is 4. The highest BCUT2D eigenvalue weighted by atomic mass is 16.6. The van der Waals surface area contributed by atoms with E-state index in [0.29, 0.717) is 24.9 Å². The number of likely N-dealkylation sites (N-methyl/N-ethyl adjacent to an activating group) is 1. The summed E-state index contributed by atoms with van der Waals surface area (Å²) in [5.74, 6) is 2.67. The second-order valence-corrected chi connectivity index (χ2v) is 5.15. The van der Waals surface area contributed by atoms with Gasteiger partial charge >= 0.3 is 0 Å². The van der Waals surface area contributed by atoms with Crippen molar-refractivity contribution in [3.05, 3.63) is 23.3 Å². The standard InChI is InChI=1S/C16H23NO3/c1-11(2)13(10-17-3)7-12-8-14(18-4)16-15(9-12)19-5-6-20-16/h7-9,11,17H,5-6,10H2,1-4H3. The molecule has 0 spiro atoms. The Balaban J connectivity index is 2.39. The number of rotatable bonds is 5. The average Bonchev–Trinajstić information content (AvgIpc) is 2.45. The van der Waals surface area contributed by atoms with Crippen LogP contribution in [0.1, 0.15) is 19.4 Å². The van der Waals surface area contributed by atoms with Crippen molar-refractivity contribution in [3.8, 4) is 17.2 Å². The van der Waals surface area contributed by atoms with Gasteiger partial charge in [-0.15, -0.1) is 0 Å². The van der Waals surface area contributed by atoms with Gasteiger partial charge in [-0.2, -0.15) is 0 Å². The summed E-state index contributed by atoms with van der Waals surface area (Å²) in [5.41, 5.74) is 2.41. The first-order valence-electron chi connectivity index (χ1n) is 6.98. The van der Waals surface area contributed by atoms with Crippen LogP contribution in [0.3, 0.4) is 0 Å². The topological polar surface area (TPSA) is 39.7 Å². The quantitative estimate of drug-likeness (QED) is 0.898. The van der Waals surface area contributed by atoms with Gasteiger partial charge in [0.2, 0.25) is 5.75 Å². The highest BCUT2D eigenvalue weighted by Crippen LogP contribution is 2.40. The molecule has 0 saturated heterocycles. The van der Waals surface area contributed by atoms with Crippen molar-refractivity contribution >= 4 is 6.08 Å². The molecule has 0 bridgehead atoms. The predicted molar refractivity (Wildman–Crippen MR) is 80.7 cm³/mol. The molecule has 2 rings (SSSR count). The lowest BCUT2D eigenvalue weighted by Crippen LogP contribution is -2.16. The summed E-state index contributed by atoms with van der Waals surface area (Å²) in [6.07, 6.45) is 2.18. The number of methoxy groups -OCH3 is 1. The van der Waals surface area contributed by atoms with Gasteiger partial charge in [-0.1, -0.05) is 25.5 Å². The Hall–Kier alpha value is -1.68. The highest BCUT2D eigenvalue weighted by Gasteiger charge is 2.18. The molecule has 20 heavy (non-hydrogen) atoms. The van der Waals surface area contributed by atoms with Gasteiger partial charge in [0, 0.05) is 6.54 Å². The Morgan fingerprint density at radius 3 is 2.75 bits per heavy atom. The maximum absolute atomic E-state index is 5.66. The van der Waals surface area contributed by atoms with Crippen LogP contribution in [0.25, 0.3) is 6.08 Å². The first-order valence-corrected chi connectivity index (χ1v) is 6.98. The molecule has 0 aromatic heterocycles. The summed E-state index contributed by atoms with van der Waals surface area (Å²) in [6.45, 7) is 6.40. The Morgan fingerprint density at radius 2 is 2.10 bits per heavy atom. The molecule has 4 nitrogen and oxygen atoms in total. The molecule has 0 saturated carbocycles. The third kappa shape index (κ3) is 3.25. The van der Waals surface area contributed by atoms with Gasteiger partial charge in [-0.05, 0) is 30.7 Å². The van der Waals surface area contributed by atoms with Gasteiger partial charge in [-0.3, -0.25) is 0 Å². The third-order valence-corrected chi connectivity index (χ3v) is 3.32. The molecule has 0 atom stereocenters. The normalized spacial score (nSPS) is 14.6. The summed E-state index contributed by atoms with van der Waals surface area (Å²) in [6, 6.07) is 4.00. The largest absolute Gasteiger partial charge is 0.493 e. The first kappa shape index (κ1) is 14.7. The Bertz CT molecular complexity index is 477. The van der Waals surface area contributed by atoms with Gasteiger partial charge in [0.15, 0.2) is 11.5 Å². The molecule has 0 radical (unpaired) electrons. The predicted octanol–water partition coefficient (Wildman–Crippen LogP) is 2.73. The van der Waals surface area contributed by atoms with E-state index in [0.717, 1.165) is 23.6 Å². The molecule has 110 valence electrons. The Kier molecular flexibility index (Phi) is 4.90. The summed E-state index contributed by atoms with van der Waals surface area (Å²) in [5, 5.41) is 3.20. The SMILES string of the molecule is CNCC(=Cc1cc(OC)c2c(c1)OCCO2)C(C)C. The molecule has 0 unspecified atom stereocenters. The zero-order valence-electron chi connectivity index (χ0n) is 12.7. The van der Waals surface area contributed by atoms with Gasteiger partial charge in [0.1, 0.15) is 13.2 Å². The smallest absolute Gasteiger partial charge is 0.203 e. The third-order valence-electron chi connectivity index (χ3n) is 3.32. The van der Waals surface area contributed by atoms with Crippen LogP contribution in [0.15, 0.2) is 17.7 Å². The first-order chi connectivity index (χ1) is 9.65. The molecule has 1 aliphatic heterocycles. The van der Waals surface area contributed by atoms with E-state index in [1.54, 1.807) is 7.11 Å². The van der Waals surface area contributed by atoms with Crippen LogP contribution in [0.2, 0.25) is 0 Å². The molecule has 1 aromatic carbocycles. The monoisotopic (exact) mass is 277 g/mol. The lowest BCUT2D eigenvalue weighted by Gasteiger charge is -2.21. The van der Waals surface area contributed by atoms with E-state index in [1.165, 1.54) is 5.57 Å². The number of fused-ring (bicyclic) bond motifs is 1. The van der Waals surface area contributed by atoms with Gasteiger partial charge < -0.3 is 19.5 Å². The van der Waals surface area contributed by atoms with Crippen molar-refractivity contribution in [2.45, 2.75) is 13.8 Å². The second kappa shape index (κ2) is 6.66. The molecule has 0 fully saturated rings. The number of benzene rings is 1. The van der Waals surface area contributed by atoms with Crippen molar-refractivity contribution in [2.24, 2.45) is 5.92 Å². The molecular formula is C16H23NO3. The van der Waals surface area contributed by atoms with Gasteiger partial charge in [0.25, 0.3) is 0 Å². The minimum absolute atomic E-state index is 0.488. The van der Waals surface area contributed by atoms with E-state index in [4.69, 9.17) is 14.2 Å². The zero-order valence-corrected chi connectivity index (χ0v) is 12.7. The fourth-order valence-electron chi connectivity index (χ4n) is 2.22. The Morgan fingerprint density at radius 1 is 1.35 bits per heavy atom. The second-order valence-electron chi connectivity index (χ2n) is 5.15. The molecule has 1 aromatic rings. The van der Waals surface area contributed by atoms with E-state index in [2.05, 4.69) is 25.2 Å². The summed E-state index contributed by atoms with van der Waals surface area (Å²) < 4.78 is 16.7. The van der Waals surface area contributed by atoms with Crippen molar-refractivity contribution in [3.63, 3.8) is 0 Å². The summed E-state index contributed by atoms with van der Waals surface area (Å²) in [4.78, 5) is 0. The van der Waals surface area contributed by atoms with Crippen LogP contribution in [0.5, 0.6) is 17.2 Å². The molecule has 1 aliphatic rings. The van der Waals surface area contributed by atoms with Gasteiger partial charge in [-0.25, -0.2) is 0 Å². The van der Waals surface area contributed by atoms with Crippen LogP contribution < -0.4 is 19.5 Å². The van der Waals surface area contributed by atoms with E-state index in [-0.39, 0.29) is 0 Å². The number of hydrogen-bond donors (Lipinski definition) is 1. The molecule has 4 heteroatoms. The fourth-order valence-corrected chi connectivity index (χ4v) is 2.22. The lowest BCUT2D eigenvalue weighted by atomic mass is 10.00. The van der Waals surface area contributed by atoms with Crippen LogP contribution in [0.4, 0.5) is 0 Å². The van der Waals surface area contributed by atoms with Crippen LogP contribution >= 0.6 is 0 Å². The lowest BCUT2D eigenvalue weighted by molar-refractivity contribution is 0.165. The summed E-state index contributed by atoms with van der Waals surface area (Å²) >= 11 is 0. The zero-order chi connectivity index (χ0) is 14.5. The van der Waals surface area contributed by atoms with Gasteiger partial charge in [0.05, 0.1) is 7.11 Å². The van der Waals surface area contributed by atoms with Crippen LogP contribution in [-0.2, 0) is 0 Å². The molecule has 1 N–H and O–H groups in total. The minimum Gasteiger partial charge on any atom is -0.493 e. The minimum atomic E-state index is 0.488. The van der Waals surface area contributed by atoms with E-state index in [9.17, 15) is 0 Å². The fraction of sp³-hybridized carbons (Fsp3) is 0.500. The van der Waals surface area contributed by atoms with E-state index >= 15 is 0 Å². The highest BCUT2D eigenvalue weighted by molar-refractivity contribution is 5.64. The van der Waals surface area contributed by atoms with Crippen molar-refractivity contribution in [2.75, 3.05) is 33.9 Å². The van der Waals surface area contributed by atoms with Crippen molar-refractivity contribution in [1.82, 2.24) is 5.32 Å². The number of nitrogens with one attached hydrogen (secondary N) is 1. The van der Waals surface area contributed by atoms with E-state index in [1.807, 2.05) is 19.2 Å². The number of ether oxygens (including phenoxy) is 3. The van der Waals surface area contributed by atoms with Crippen LogP contribution in [-0.4, -0.2) is 33.9 Å². The molecule has 1 heterocycles. The maximum Gasteiger partial charge on any atom is 0.203 e. The average molecular weight is 277 g/mol. The van der Waals surface area contributed by atoms with Crippen molar-refractivity contribution in [1.29, 1.82) is 0 Å². The molecular weight excluding hydrogens is 254 g/mol.